The average molecular weight is 303 g/mol. The van der Waals surface area contributed by atoms with E-state index in [9.17, 15) is 0 Å². The lowest BCUT2D eigenvalue weighted by molar-refractivity contribution is 0.171. The molecule has 106 valence electrons. The Labute approximate surface area is 125 Å². The lowest BCUT2D eigenvalue weighted by Gasteiger charge is -2.18. The first kappa shape index (κ1) is 12.3. The Bertz CT molecular complexity index is 805. The van der Waals surface area contributed by atoms with Gasteiger partial charge in [-0.2, -0.15) is 0 Å². The predicted octanol–water partition coefficient (Wildman–Crippen LogP) is 3.50. The number of nitrogens with zero attached hydrogens (tertiary/aromatic N) is 1. The van der Waals surface area contributed by atoms with E-state index in [0.29, 0.717) is 46.7 Å². The van der Waals surface area contributed by atoms with Crippen molar-refractivity contribution in [3.63, 3.8) is 0 Å². The maximum Gasteiger partial charge on any atom is 0.227 e. The molecule has 0 saturated heterocycles. The Kier molecular flexibility index (Phi) is 2.68. The number of nitrogen functional groups attached to an aromatic ring is 1. The molecule has 0 spiro atoms. The van der Waals surface area contributed by atoms with Crippen molar-refractivity contribution in [2.75, 3.05) is 18.9 Å². The molecule has 0 aliphatic carbocycles. The Balaban J connectivity index is 1.82. The maximum absolute atomic E-state index is 5.99. The van der Waals surface area contributed by atoms with Crippen molar-refractivity contribution in [3.05, 3.63) is 35.4 Å². The molecule has 3 aromatic rings. The Hall–Kier alpha value is -2.40. The Morgan fingerprint density at radius 3 is 2.71 bits per heavy atom. The van der Waals surface area contributed by atoms with Gasteiger partial charge in [-0.25, -0.2) is 4.98 Å². The van der Waals surface area contributed by atoms with Crippen molar-refractivity contribution in [1.29, 1.82) is 0 Å². The number of rotatable bonds is 1. The molecule has 0 atom stereocenters. The fourth-order valence-corrected chi connectivity index (χ4v) is 2.42. The summed E-state index contributed by atoms with van der Waals surface area (Å²) in [6.07, 6.45) is 0. The first-order valence-electron chi connectivity index (χ1n) is 6.46. The molecule has 6 heteroatoms. The number of hydrogen-bond donors (Lipinski definition) is 1. The second kappa shape index (κ2) is 4.56. The molecule has 0 bridgehead atoms. The molecule has 0 radical (unpaired) electrons. The van der Waals surface area contributed by atoms with Crippen molar-refractivity contribution in [3.8, 4) is 23.0 Å². The SMILES string of the molecule is Nc1cc2oc(-c3ccc4c(c3)OCCO4)nc2cc1Cl. The molecule has 5 nitrogen and oxygen atoms in total. The van der Waals surface area contributed by atoms with Crippen LogP contribution in [0.2, 0.25) is 5.02 Å². The molecule has 0 fully saturated rings. The predicted molar refractivity (Wildman–Crippen MR) is 79.9 cm³/mol. The van der Waals surface area contributed by atoms with E-state index in [4.69, 9.17) is 31.2 Å². The van der Waals surface area contributed by atoms with Gasteiger partial charge in [-0.05, 0) is 24.3 Å². The highest BCUT2D eigenvalue weighted by Gasteiger charge is 2.16. The van der Waals surface area contributed by atoms with E-state index in [1.54, 1.807) is 12.1 Å². The highest BCUT2D eigenvalue weighted by atomic mass is 35.5. The number of anilines is 1. The third kappa shape index (κ3) is 2.06. The van der Waals surface area contributed by atoms with Gasteiger partial charge in [0.05, 0.1) is 10.7 Å². The molecule has 2 heterocycles. The smallest absolute Gasteiger partial charge is 0.227 e. The normalized spacial score (nSPS) is 13.6. The monoisotopic (exact) mass is 302 g/mol. The molecule has 0 saturated carbocycles. The topological polar surface area (TPSA) is 70.5 Å². The second-order valence-corrected chi connectivity index (χ2v) is 5.13. The van der Waals surface area contributed by atoms with Crippen LogP contribution in [0.25, 0.3) is 22.6 Å². The molecule has 1 aliphatic heterocycles. The van der Waals surface area contributed by atoms with Crippen LogP contribution in [-0.4, -0.2) is 18.2 Å². The van der Waals surface area contributed by atoms with Gasteiger partial charge in [0.25, 0.3) is 0 Å². The molecule has 2 N–H and O–H groups in total. The quantitative estimate of drug-likeness (QED) is 0.697. The minimum atomic E-state index is 0.463. The van der Waals surface area contributed by atoms with Gasteiger partial charge in [0, 0.05) is 11.6 Å². The fraction of sp³-hybridized carbons (Fsp3) is 0.133. The molecular weight excluding hydrogens is 292 g/mol. The van der Waals surface area contributed by atoms with Gasteiger partial charge < -0.3 is 19.6 Å². The number of fused-ring (bicyclic) bond motifs is 2. The molecular formula is C15H11ClN2O3. The summed E-state index contributed by atoms with van der Waals surface area (Å²) in [7, 11) is 0. The molecule has 1 aliphatic rings. The zero-order chi connectivity index (χ0) is 14.4. The van der Waals surface area contributed by atoms with Crippen LogP contribution in [0.1, 0.15) is 0 Å². The van der Waals surface area contributed by atoms with Gasteiger partial charge in [0.15, 0.2) is 17.1 Å². The van der Waals surface area contributed by atoms with Crippen LogP contribution in [0, 0.1) is 0 Å². The summed E-state index contributed by atoms with van der Waals surface area (Å²) < 4.78 is 16.8. The van der Waals surface area contributed by atoms with E-state index in [0.717, 1.165) is 11.3 Å². The second-order valence-electron chi connectivity index (χ2n) is 4.72. The number of hydrogen-bond acceptors (Lipinski definition) is 5. The number of benzene rings is 2. The van der Waals surface area contributed by atoms with Crippen LogP contribution in [-0.2, 0) is 0 Å². The van der Waals surface area contributed by atoms with Crippen LogP contribution in [0.4, 0.5) is 5.69 Å². The number of nitrogens with two attached hydrogens (primary N) is 1. The van der Waals surface area contributed by atoms with E-state index >= 15 is 0 Å². The standard InChI is InChI=1S/C15H11ClN2O3/c16-9-6-11-13(7-10(9)17)21-15(18-11)8-1-2-12-14(5-8)20-4-3-19-12/h1-2,5-7H,3-4,17H2. The Morgan fingerprint density at radius 1 is 1.05 bits per heavy atom. The summed E-state index contributed by atoms with van der Waals surface area (Å²) in [4.78, 5) is 4.43. The summed E-state index contributed by atoms with van der Waals surface area (Å²) in [6, 6.07) is 8.94. The van der Waals surface area contributed by atoms with Gasteiger partial charge in [-0.3, -0.25) is 0 Å². The summed E-state index contributed by atoms with van der Waals surface area (Å²) in [6.45, 7) is 1.10. The lowest BCUT2D eigenvalue weighted by Crippen LogP contribution is -2.15. The number of ether oxygens (including phenoxy) is 2. The third-order valence-corrected chi connectivity index (χ3v) is 3.62. The van der Waals surface area contributed by atoms with E-state index in [1.165, 1.54) is 0 Å². The molecule has 1 aromatic heterocycles. The fourth-order valence-electron chi connectivity index (χ4n) is 2.26. The first-order chi connectivity index (χ1) is 10.2. The lowest BCUT2D eigenvalue weighted by atomic mass is 10.2. The summed E-state index contributed by atoms with van der Waals surface area (Å²) in [5.74, 6) is 1.91. The van der Waals surface area contributed by atoms with Gasteiger partial charge >= 0.3 is 0 Å². The number of halogens is 1. The van der Waals surface area contributed by atoms with Crippen molar-refractivity contribution in [2.24, 2.45) is 0 Å². The summed E-state index contributed by atoms with van der Waals surface area (Å²) in [5, 5.41) is 0.463. The highest BCUT2D eigenvalue weighted by molar-refractivity contribution is 6.33. The summed E-state index contributed by atoms with van der Waals surface area (Å²) >= 11 is 5.99. The van der Waals surface area contributed by atoms with Gasteiger partial charge in [-0.1, -0.05) is 11.6 Å². The van der Waals surface area contributed by atoms with Crippen molar-refractivity contribution >= 4 is 28.4 Å². The van der Waals surface area contributed by atoms with Crippen LogP contribution < -0.4 is 15.2 Å². The average Bonchev–Trinajstić information content (AvgIpc) is 2.90. The van der Waals surface area contributed by atoms with E-state index in [1.807, 2.05) is 18.2 Å². The molecule has 21 heavy (non-hydrogen) atoms. The van der Waals surface area contributed by atoms with Crippen LogP contribution in [0.3, 0.4) is 0 Å². The largest absolute Gasteiger partial charge is 0.486 e. The first-order valence-corrected chi connectivity index (χ1v) is 6.84. The van der Waals surface area contributed by atoms with Crippen LogP contribution in [0.15, 0.2) is 34.7 Å². The van der Waals surface area contributed by atoms with Crippen LogP contribution in [0.5, 0.6) is 11.5 Å². The zero-order valence-corrected chi connectivity index (χ0v) is 11.7. The van der Waals surface area contributed by atoms with E-state index in [2.05, 4.69) is 4.98 Å². The summed E-state index contributed by atoms with van der Waals surface area (Å²) in [5.41, 5.74) is 8.31. The zero-order valence-electron chi connectivity index (χ0n) is 10.9. The molecule has 0 amide bonds. The molecule has 0 unspecified atom stereocenters. The maximum atomic E-state index is 5.99. The van der Waals surface area contributed by atoms with Crippen molar-refractivity contribution < 1.29 is 13.9 Å². The van der Waals surface area contributed by atoms with Crippen molar-refractivity contribution in [2.45, 2.75) is 0 Å². The molecule has 4 rings (SSSR count). The highest BCUT2D eigenvalue weighted by Crippen LogP contribution is 2.36. The van der Waals surface area contributed by atoms with Crippen LogP contribution >= 0.6 is 11.6 Å². The van der Waals surface area contributed by atoms with Gasteiger partial charge in [0.1, 0.15) is 18.7 Å². The third-order valence-electron chi connectivity index (χ3n) is 3.30. The van der Waals surface area contributed by atoms with E-state index in [-0.39, 0.29) is 0 Å². The van der Waals surface area contributed by atoms with Gasteiger partial charge in [-0.15, -0.1) is 0 Å². The Morgan fingerprint density at radius 2 is 1.86 bits per heavy atom. The van der Waals surface area contributed by atoms with Gasteiger partial charge in [0.2, 0.25) is 5.89 Å². The minimum Gasteiger partial charge on any atom is -0.486 e. The minimum absolute atomic E-state index is 0.463. The van der Waals surface area contributed by atoms with E-state index < -0.39 is 0 Å². The number of aromatic nitrogens is 1. The molecule has 2 aromatic carbocycles. The van der Waals surface area contributed by atoms with Crippen molar-refractivity contribution in [1.82, 2.24) is 4.98 Å². The number of oxazole rings is 1.